The van der Waals surface area contributed by atoms with Crippen molar-refractivity contribution in [1.29, 1.82) is 0 Å². The second-order valence-electron chi connectivity index (χ2n) is 4.75. The van der Waals surface area contributed by atoms with Gasteiger partial charge in [0.05, 0.1) is 5.54 Å². The van der Waals surface area contributed by atoms with E-state index in [2.05, 4.69) is 17.6 Å². The molecule has 0 aromatic carbocycles. The Bertz CT molecular complexity index is 209. The molecule has 1 fully saturated rings. The SMILES string of the molecule is CCNC(C)(C)C(=O)NC(C)C1CC1. The highest BCUT2D eigenvalue weighted by molar-refractivity contribution is 5.85. The molecular weight excluding hydrogens is 176 g/mol. The maximum absolute atomic E-state index is 11.8. The van der Waals surface area contributed by atoms with E-state index in [1.807, 2.05) is 20.8 Å². The Balaban J connectivity index is 2.38. The molecule has 1 unspecified atom stereocenters. The predicted octanol–water partition coefficient (Wildman–Crippen LogP) is 1.29. The molecule has 3 nitrogen and oxygen atoms in total. The average Bonchev–Trinajstić information content (AvgIpc) is 2.85. The molecule has 1 atom stereocenters. The quantitative estimate of drug-likeness (QED) is 0.699. The molecule has 0 aromatic rings. The Kier molecular flexibility index (Phi) is 3.53. The summed E-state index contributed by atoms with van der Waals surface area (Å²) in [5.74, 6) is 0.829. The van der Waals surface area contributed by atoms with E-state index in [1.165, 1.54) is 12.8 Å². The first kappa shape index (κ1) is 11.5. The lowest BCUT2D eigenvalue weighted by Crippen LogP contribution is -2.54. The van der Waals surface area contributed by atoms with Crippen molar-refractivity contribution < 1.29 is 4.79 Å². The van der Waals surface area contributed by atoms with Crippen LogP contribution in [-0.4, -0.2) is 24.0 Å². The maximum Gasteiger partial charge on any atom is 0.239 e. The fraction of sp³-hybridized carbons (Fsp3) is 0.909. The van der Waals surface area contributed by atoms with Gasteiger partial charge < -0.3 is 10.6 Å². The van der Waals surface area contributed by atoms with Crippen LogP contribution in [0.1, 0.15) is 40.5 Å². The molecule has 0 radical (unpaired) electrons. The molecule has 1 amide bonds. The minimum atomic E-state index is -0.447. The van der Waals surface area contributed by atoms with Crippen LogP contribution in [0.5, 0.6) is 0 Å². The predicted molar refractivity (Wildman–Crippen MR) is 58.1 cm³/mol. The summed E-state index contributed by atoms with van der Waals surface area (Å²) in [6.45, 7) is 8.77. The van der Waals surface area contributed by atoms with Crippen LogP contribution < -0.4 is 10.6 Å². The molecule has 14 heavy (non-hydrogen) atoms. The number of hydrogen-bond acceptors (Lipinski definition) is 2. The van der Waals surface area contributed by atoms with Gasteiger partial charge in [0.25, 0.3) is 0 Å². The van der Waals surface area contributed by atoms with Gasteiger partial charge in [-0.05, 0) is 46.1 Å². The van der Waals surface area contributed by atoms with Gasteiger partial charge in [-0.25, -0.2) is 0 Å². The third-order valence-corrected chi connectivity index (χ3v) is 2.87. The van der Waals surface area contributed by atoms with Crippen LogP contribution in [0, 0.1) is 5.92 Å². The number of hydrogen-bond donors (Lipinski definition) is 2. The molecule has 1 aliphatic carbocycles. The molecule has 0 spiro atoms. The Morgan fingerprint density at radius 1 is 1.50 bits per heavy atom. The van der Waals surface area contributed by atoms with Gasteiger partial charge >= 0.3 is 0 Å². The summed E-state index contributed by atoms with van der Waals surface area (Å²) >= 11 is 0. The van der Waals surface area contributed by atoms with Gasteiger partial charge in [0.1, 0.15) is 0 Å². The van der Waals surface area contributed by atoms with Gasteiger partial charge in [-0.15, -0.1) is 0 Å². The number of carbonyl (C=O) groups is 1. The maximum atomic E-state index is 11.8. The van der Waals surface area contributed by atoms with Crippen molar-refractivity contribution in [2.24, 2.45) is 5.92 Å². The van der Waals surface area contributed by atoms with Crippen LogP contribution in [0.3, 0.4) is 0 Å². The molecule has 0 aliphatic heterocycles. The zero-order valence-electron chi connectivity index (χ0n) is 9.68. The van der Waals surface area contributed by atoms with Crippen molar-refractivity contribution in [3.8, 4) is 0 Å². The highest BCUT2D eigenvalue weighted by atomic mass is 16.2. The standard InChI is InChI=1S/C11H22N2O/c1-5-12-11(3,4)10(14)13-8(2)9-6-7-9/h8-9,12H,5-7H2,1-4H3,(H,13,14). The van der Waals surface area contributed by atoms with E-state index in [0.717, 1.165) is 12.5 Å². The van der Waals surface area contributed by atoms with E-state index in [-0.39, 0.29) is 5.91 Å². The summed E-state index contributed by atoms with van der Waals surface area (Å²) in [5, 5.41) is 6.24. The molecule has 3 heteroatoms. The average molecular weight is 198 g/mol. The summed E-state index contributed by atoms with van der Waals surface area (Å²) in [6, 6.07) is 0.334. The summed E-state index contributed by atoms with van der Waals surface area (Å²) < 4.78 is 0. The van der Waals surface area contributed by atoms with Crippen molar-refractivity contribution in [3.05, 3.63) is 0 Å². The van der Waals surface area contributed by atoms with Gasteiger partial charge in [0, 0.05) is 6.04 Å². The molecule has 82 valence electrons. The summed E-state index contributed by atoms with van der Waals surface area (Å²) in [6.07, 6.45) is 2.53. The largest absolute Gasteiger partial charge is 0.352 e. The van der Waals surface area contributed by atoms with Crippen molar-refractivity contribution in [1.82, 2.24) is 10.6 Å². The summed E-state index contributed by atoms with van der Waals surface area (Å²) in [5.41, 5.74) is -0.447. The first-order chi connectivity index (χ1) is 6.47. The van der Waals surface area contributed by atoms with E-state index < -0.39 is 5.54 Å². The van der Waals surface area contributed by atoms with E-state index in [0.29, 0.717) is 6.04 Å². The zero-order chi connectivity index (χ0) is 10.8. The minimum absolute atomic E-state index is 0.110. The van der Waals surface area contributed by atoms with Crippen LogP contribution in [-0.2, 0) is 4.79 Å². The molecule has 1 saturated carbocycles. The third kappa shape index (κ3) is 2.98. The molecule has 0 bridgehead atoms. The molecule has 2 N–H and O–H groups in total. The first-order valence-corrected chi connectivity index (χ1v) is 5.53. The molecule has 1 aliphatic rings. The first-order valence-electron chi connectivity index (χ1n) is 5.53. The number of carbonyl (C=O) groups excluding carboxylic acids is 1. The minimum Gasteiger partial charge on any atom is -0.352 e. The van der Waals surface area contributed by atoms with Gasteiger partial charge in [-0.1, -0.05) is 6.92 Å². The van der Waals surface area contributed by atoms with Crippen LogP contribution in [0.2, 0.25) is 0 Å². The van der Waals surface area contributed by atoms with E-state index in [9.17, 15) is 4.79 Å². The van der Waals surface area contributed by atoms with Crippen molar-refractivity contribution >= 4 is 5.91 Å². The van der Waals surface area contributed by atoms with Crippen LogP contribution >= 0.6 is 0 Å². The molecule has 0 heterocycles. The fourth-order valence-corrected chi connectivity index (χ4v) is 1.62. The van der Waals surface area contributed by atoms with Crippen LogP contribution in [0.15, 0.2) is 0 Å². The second-order valence-corrected chi connectivity index (χ2v) is 4.75. The summed E-state index contributed by atoms with van der Waals surface area (Å²) in [7, 11) is 0. The highest BCUT2D eigenvalue weighted by Crippen LogP contribution is 2.32. The lowest BCUT2D eigenvalue weighted by Gasteiger charge is -2.26. The topological polar surface area (TPSA) is 41.1 Å². The molecule has 0 saturated heterocycles. The van der Waals surface area contributed by atoms with Gasteiger partial charge in [-0.3, -0.25) is 4.79 Å². The number of rotatable bonds is 5. The smallest absolute Gasteiger partial charge is 0.239 e. The van der Waals surface area contributed by atoms with Crippen molar-refractivity contribution in [2.75, 3.05) is 6.54 Å². The van der Waals surface area contributed by atoms with E-state index in [4.69, 9.17) is 0 Å². The fourth-order valence-electron chi connectivity index (χ4n) is 1.62. The number of likely N-dealkylation sites (N-methyl/N-ethyl adjacent to an activating group) is 1. The Hall–Kier alpha value is -0.570. The van der Waals surface area contributed by atoms with Crippen molar-refractivity contribution in [3.63, 3.8) is 0 Å². The molecule has 0 aromatic heterocycles. The monoisotopic (exact) mass is 198 g/mol. The molecule has 1 rings (SSSR count). The summed E-state index contributed by atoms with van der Waals surface area (Å²) in [4.78, 5) is 11.8. The van der Waals surface area contributed by atoms with Crippen LogP contribution in [0.25, 0.3) is 0 Å². The van der Waals surface area contributed by atoms with Crippen molar-refractivity contribution in [2.45, 2.75) is 52.1 Å². The zero-order valence-corrected chi connectivity index (χ0v) is 9.68. The normalized spacial score (nSPS) is 19.1. The number of amides is 1. The van der Waals surface area contributed by atoms with E-state index >= 15 is 0 Å². The highest BCUT2D eigenvalue weighted by Gasteiger charge is 2.33. The number of nitrogens with one attached hydrogen (secondary N) is 2. The van der Waals surface area contributed by atoms with Gasteiger partial charge in [0.2, 0.25) is 5.91 Å². The van der Waals surface area contributed by atoms with Gasteiger partial charge in [0.15, 0.2) is 0 Å². The lowest BCUT2D eigenvalue weighted by atomic mass is 10.0. The molecular formula is C11H22N2O. The van der Waals surface area contributed by atoms with Gasteiger partial charge in [-0.2, -0.15) is 0 Å². The second kappa shape index (κ2) is 4.30. The Labute approximate surface area is 86.6 Å². The third-order valence-electron chi connectivity index (χ3n) is 2.87. The van der Waals surface area contributed by atoms with E-state index in [1.54, 1.807) is 0 Å². The Morgan fingerprint density at radius 2 is 2.07 bits per heavy atom. The lowest BCUT2D eigenvalue weighted by molar-refractivity contribution is -0.127. The van der Waals surface area contributed by atoms with Crippen LogP contribution in [0.4, 0.5) is 0 Å². The Morgan fingerprint density at radius 3 is 2.50 bits per heavy atom.